The molecule has 154 valence electrons. The first kappa shape index (κ1) is 20.2. The molecular formula is C21H23ClN8. The summed E-state index contributed by atoms with van der Waals surface area (Å²) in [6, 6.07) is 9.71. The molecule has 2 N–H and O–H groups in total. The lowest BCUT2D eigenvalue weighted by molar-refractivity contribution is 0.425. The topological polar surface area (TPSA) is 95.5 Å². The van der Waals surface area contributed by atoms with Crippen LogP contribution < -0.4 is 5.32 Å². The summed E-state index contributed by atoms with van der Waals surface area (Å²) < 4.78 is 0. The molecule has 0 spiro atoms. The molecule has 0 aliphatic heterocycles. The molecule has 30 heavy (non-hydrogen) atoms. The molecule has 0 aliphatic rings. The molecule has 1 aromatic carbocycles. The Kier molecular flexibility index (Phi) is 6.15. The second-order valence-electron chi connectivity index (χ2n) is 7.25. The number of likely N-dealkylation sites (N-methyl/N-ethyl adjacent to an activating group) is 1. The van der Waals surface area contributed by atoms with Gasteiger partial charge in [0.1, 0.15) is 5.82 Å². The van der Waals surface area contributed by atoms with Crippen LogP contribution in [-0.4, -0.2) is 62.2 Å². The lowest BCUT2D eigenvalue weighted by atomic mass is 10.1. The Morgan fingerprint density at radius 1 is 1.10 bits per heavy atom. The quantitative estimate of drug-likeness (QED) is 0.450. The standard InChI is InChI=1S/C21H23ClN8/c1-30(2)11-10-24-21-25-13-16-19(28-29-20(16)27-21)17-8-9-23-18(26-17)7-6-14-4-3-5-15(22)12-14/h3-5,8-9,12-13H,6-7,10-11H2,1-2H3,(H2,24,25,27,28,29). The first-order chi connectivity index (χ1) is 14.6. The number of nitrogens with zero attached hydrogens (tertiary/aromatic N) is 6. The van der Waals surface area contributed by atoms with Gasteiger partial charge in [0.15, 0.2) is 5.65 Å². The summed E-state index contributed by atoms with van der Waals surface area (Å²) in [6.07, 6.45) is 5.07. The molecule has 0 fully saturated rings. The van der Waals surface area contributed by atoms with Crippen molar-refractivity contribution in [3.05, 3.63) is 59.1 Å². The number of anilines is 1. The summed E-state index contributed by atoms with van der Waals surface area (Å²) in [5.74, 6) is 1.32. The van der Waals surface area contributed by atoms with Crippen LogP contribution in [0.15, 0.2) is 42.7 Å². The van der Waals surface area contributed by atoms with E-state index in [1.54, 1.807) is 12.4 Å². The number of halogens is 1. The number of benzene rings is 1. The number of aromatic nitrogens is 6. The molecule has 0 atom stereocenters. The molecule has 0 aliphatic carbocycles. The largest absolute Gasteiger partial charge is 0.353 e. The fraction of sp³-hybridized carbons (Fsp3) is 0.286. The minimum atomic E-state index is 0.562. The SMILES string of the molecule is CN(C)CCNc1ncc2c(-c3ccnc(CCc4cccc(Cl)c4)n3)[nH]nc2n1. The Labute approximate surface area is 179 Å². The zero-order valence-corrected chi connectivity index (χ0v) is 17.7. The van der Waals surface area contributed by atoms with Crippen molar-refractivity contribution in [2.24, 2.45) is 0 Å². The Morgan fingerprint density at radius 2 is 2.00 bits per heavy atom. The fourth-order valence-electron chi connectivity index (χ4n) is 3.08. The molecule has 0 saturated heterocycles. The highest BCUT2D eigenvalue weighted by molar-refractivity contribution is 6.30. The maximum Gasteiger partial charge on any atom is 0.224 e. The third-order valence-electron chi connectivity index (χ3n) is 4.64. The smallest absolute Gasteiger partial charge is 0.224 e. The van der Waals surface area contributed by atoms with Crippen molar-refractivity contribution in [2.45, 2.75) is 12.8 Å². The van der Waals surface area contributed by atoms with Crippen LogP contribution in [-0.2, 0) is 12.8 Å². The second kappa shape index (κ2) is 9.15. The van der Waals surface area contributed by atoms with Crippen LogP contribution in [0.25, 0.3) is 22.4 Å². The minimum absolute atomic E-state index is 0.562. The predicted molar refractivity (Wildman–Crippen MR) is 119 cm³/mol. The summed E-state index contributed by atoms with van der Waals surface area (Å²) in [7, 11) is 4.05. The summed E-state index contributed by atoms with van der Waals surface area (Å²) in [6.45, 7) is 1.66. The van der Waals surface area contributed by atoms with Crippen molar-refractivity contribution >= 4 is 28.6 Å². The van der Waals surface area contributed by atoms with Gasteiger partial charge in [0.05, 0.1) is 16.8 Å². The maximum absolute atomic E-state index is 6.07. The van der Waals surface area contributed by atoms with Crippen LogP contribution in [0.2, 0.25) is 5.02 Å². The zero-order valence-electron chi connectivity index (χ0n) is 16.9. The van der Waals surface area contributed by atoms with Crippen molar-refractivity contribution in [1.82, 2.24) is 35.0 Å². The van der Waals surface area contributed by atoms with Gasteiger partial charge in [-0.15, -0.1) is 0 Å². The van der Waals surface area contributed by atoms with Crippen molar-refractivity contribution in [3.63, 3.8) is 0 Å². The zero-order chi connectivity index (χ0) is 20.9. The predicted octanol–water partition coefficient (Wildman–Crippen LogP) is 3.22. The van der Waals surface area contributed by atoms with E-state index in [4.69, 9.17) is 16.6 Å². The van der Waals surface area contributed by atoms with E-state index in [9.17, 15) is 0 Å². The average molecular weight is 423 g/mol. The van der Waals surface area contributed by atoms with E-state index < -0.39 is 0 Å². The number of H-pyrrole nitrogens is 1. The highest BCUT2D eigenvalue weighted by Gasteiger charge is 2.12. The van der Waals surface area contributed by atoms with Gasteiger partial charge in [-0.25, -0.2) is 15.0 Å². The van der Waals surface area contributed by atoms with Gasteiger partial charge >= 0.3 is 0 Å². The summed E-state index contributed by atoms with van der Waals surface area (Å²) in [5, 5.41) is 12.1. The van der Waals surface area contributed by atoms with Gasteiger partial charge < -0.3 is 10.2 Å². The summed E-state index contributed by atoms with van der Waals surface area (Å²) >= 11 is 6.07. The molecule has 8 nitrogen and oxygen atoms in total. The van der Waals surface area contributed by atoms with E-state index in [1.165, 1.54) is 0 Å². The van der Waals surface area contributed by atoms with Crippen LogP contribution in [0.5, 0.6) is 0 Å². The van der Waals surface area contributed by atoms with Crippen LogP contribution >= 0.6 is 11.6 Å². The molecule has 3 aromatic heterocycles. The third kappa shape index (κ3) is 4.90. The van der Waals surface area contributed by atoms with Gasteiger partial charge in [0.2, 0.25) is 5.95 Å². The lowest BCUT2D eigenvalue weighted by Crippen LogP contribution is -2.21. The highest BCUT2D eigenvalue weighted by atomic mass is 35.5. The van der Waals surface area contributed by atoms with E-state index >= 15 is 0 Å². The number of hydrogen-bond donors (Lipinski definition) is 2. The Morgan fingerprint density at radius 3 is 2.83 bits per heavy atom. The first-order valence-electron chi connectivity index (χ1n) is 9.75. The fourth-order valence-corrected chi connectivity index (χ4v) is 3.30. The van der Waals surface area contributed by atoms with E-state index in [-0.39, 0.29) is 0 Å². The molecular weight excluding hydrogens is 400 g/mol. The molecule has 4 aromatic rings. The first-order valence-corrected chi connectivity index (χ1v) is 10.1. The number of rotatable bonds is 8. The molecule has 3 heterocycles. The van der Waals surface area contributed by atoms with Gasteiger partial charge in [-0.1, -0.05) is 23.7 Å². The molecule has 0 amide bonds. The molecule has 0 radical (unpaired) electrons. The second-order valence-corrected chi connectivity index (χ2v) is 7.68. The minimum Gasteiger partial charge on any atom is -0.353 e. The van der Waals surface area contributed by atoms with Gasteiger partial charge in [-0.05, 0) is 44.3 Å². The third-order valence-corrected chi connectivity index (χ3v) is 4.88. The number of hydrogen-bond acceptors (Lipinski definition) is 7. The molecule has 9 heteroatoms. The number of nitrogens with one attached hydrogen (secondary N) is 2. The Balaban J connectivity index is 1.50. The van der Waals surface area contributed by atoms with E-state index in [0.29, 0.717) is 11.6 Å². The maximum atomic E-state index is 6.07. The Hall–Kier alpha value is -3.10. The van der Waals surface area contributed by atoms with Crippen LogP contribution in [0.4, 0.5) is 5.95 Å². The number of aryl methyl sites for hydroxylation is 2. The average Bonchev–Trinajstić information content (AvgIpc) is 3.16. The lowest BCUT2D eigenvalue weighted by Gasteiger charge is -2.09. The van der Waals surface area contributed by atoms with E-state index in [2.05, 4.69) is 41.4 Å². The van der Waals surface area contributed by atoms with Gasteiger partial charge in [0, 0.05) is 36.9 Å². The van der Waals surface area contributed by atoms with Crippen molar-refractivity contribution in [1.29, 1.82) is 0 Å². The van der Waals surface area contributed by atoms with Gasteiger partial charge in [0.25, 0.3) is 0 Å². The molecule has 0 unspecified atom stereocenters. The van der Waals surface area contributed by atoms with Crippen LogP contribution in [0.3, 0.4) is 0 Å². The number of aromatic amines is 1. The normalized spacial score (nSPS) is 11.3. The van der Waals surface area contributed by atoms with Crippen LogP contribution in [0, 0.1) is 0 Å². The van der Waals surface area contributed by atoms with Gasteiger partial charge in [-0.2, -0.15) is 10.1 Å². The summed E-state index contributed by atoms with van der Waals surface area (Å²) in [4.78, 5) is 20.1. The Bertz CT molecular complexity index is 1140. The van der Waals surface area contributed by atoms with Crippen LogP contribution in [0.1, 0.15) is 11.4 Å². The van der Waals surface area contributed by atoms with E-state index in [1.807, 2.05) is 38.4 Å². The van der Waals surface area contributed by atoms with E-state index in [0.717, 1.165) is 59.1 Å². The van der Waals surface area contributed by atoms with Crippen molar-refractivity contribution in [3.8, 4) is 11.4 Å². The van der Waals surface area contributed by atoms with Crippen molar-refractivity contribution < 1.29 is 0 Å². The monoisotopic (exact) mass is 422 g/mol. The highest BCUT2D eigenvalue weighted by Crippen LogP contribution is 2.24. The van der Waals surface area contributed by atoms with Gasteiger partial charge in [-0.3, -0.25) is 5.10 Å². The molecule has 0 saturated carbocycles. The summed E-state index contributed by atoms with van der Waals surface area (Å²) in [5.41, 5.74) is 3.32. The molecule has 4 rings (SSSR count). The number of fused-ring (bicyclic) bond motifs is 1. The van der Waals surface area contributed by atoms with Crippen molar-refractivity contribution in [2.75, 3.05) is 32.5 Å². The molecule has 0 bridgehead atoms.